The van der Waals surface area contributed by atoms with Crippen LogP contribution >= 0.6 is 11.3 Å². The number of hydrogen-bond donors (Lipinski definition) is 0. The molecule has 3 aromatic heterocycles. The second-order valence-electron chi connectivity index (χ2n) is 5.49. The lowest BCUT2D eigenvalue weighted by Gasteiger charge is -2.07. The van der Waals surface area contributed by atoms with Crippen LogP contribution < -0.4 is 4.74 Å². The van der Waals surface area contributed by atoms with Gasteiger partial charge in [0.05, 0.1) is 10.9 Å². The number of rotatable bonds is 4. The molecule has 0 aliphatic carbocycles. The number of aryl methyl sites for hydroxylation is 2. The molecule has 4 rings (SSSR count). The first-order valence-corrected chi connectivity index (χ1v) is 8.57. The Morgan fingerprint density at radius 2 is 2.08 bits per heavy atom. The summed E-state index contributed by atoms with van der Waals surface area (Å²) >= 11 is 1.62. The number of aromatic nitrogens is 4. The van der Waals surface area contributed by atoms with Gasteiger partial charge in [0.2, 0.25) is 0 Å². The maximum Gasteiger partial charge on any atom is 0.387 e. The first-order valence-electron chi connectivity index (χ1n) is 7.76. The molecule has 0 atom stereocenters. The van der Waals surface area contributed by atoms with E-state index < -0.39 is 6.61 Å². The molecule has 0 fully saturated rings. The minimum Gasteiger partial charge on any atom is -0.434 e. The highest BCUT2D eigenvalue weighted by atomic mass is 32.1. The van der Waals surface area contributed by atoms with Crippen LogP contribution in [-0.2, 0) is 6.42 Å². The van der Waals surface area contributed by atoms with Crippen LogP contribution in [0.2, 0.25) is 0 Å². The maximum absolute atomic E-state index is 12.7. The summed E-state index contributed by atoms with van der Waals surface area (Å²) in [7, 11) is 0. The molecule has 0 radical (unpaired) electrons. The fourth-order valence-corrected chi connectivity index (χ4v) is 4.03. The molecule has 3 heterocycles. The molecule has 5 nitrogen and oxygen atoms in total. The van der Waals surface area contributed by atoms with Crippen molar-refractivity contribution in [2.75, 3.05) is 0 Å². The lowest BCUT2D eigenvalue weighted by Crippen LogP contribution is -2.03. The van der Waals surface area contributed by atoms with Crippen molar-refractivity contribution < 1.29 is 13.5 Å². The van der Waals surface area contributed by atoms with Gasteiger partial charge in [-0.2, -0.15) is 8.78 Å². The summed E-state index contributed by atoms with van der Waals surface area (Å²) in [5, 5.41) is 5.38. The van der Waals surface area contributed by atoms with Crippen molar-refractivity contribution in [3.8, 4) is 17.1 Å². The summed E-state index contributed by atoms with van der Waals surface area (Å²) in [6.07, 6.45) is 2.46. The van der Waals surface area contributed by atoms with E-state index in [1.165, 1.54) is 16.5 Å². The molecular weight excluding hydrogens is 346 g/mol. The Bertz CT molecular complexity index is 1070. The summed E-state index contributed by atoms with van der Waals surface area (Å²) in [4.78, 5) is 11.1. The van der Waals surface area contributed by atoms with E-state index in [1.807, 2.05) is 0 Å². The highest BCUT2D eigenvalue weighted by molar-refractivity contribution is 7.18. The fraction of sp³-hybridized carbons (Fsp3) is 0.235. The first kappa shape index (κ1) is 15.9. The van der Waals surface area contributed by atoms with E-state index in [0.29, 0.717) is 17.0 Å². The topological polar surface area (TPSA) is 52.3 Å². The average Bonchev–Trinajstić information content (AvgIpc) is 3.14. The van der Waals surface area contributed by atoms with E-state index in [9.17, 15) is 8.78 Å². The van der Waals surface area contributed by atoms with Gasteiger partial charge < -0.3 is 4.74 Å². The Hall–Kier alpha value is -2.61. The molecule has 25 heavy (non-hydrogen) atoms. The van der Waals surface area contributed by atoms with Crippen molar-refractivity contribution in [3.63, 3.8) is 0 Å². The van der Waals surface area contributed by atoms with E-state index in [1.54, 1.807) is 40.4 Å². The standard InChI is InChI=1S/C17H14F2N4OS/c1-3-10-9(2)25-16-13(10)15-21-14(22-23(15)8-20-16)11-6-4-5-7-12(11)24-17(18)19/h4-8,17H,3H2,1-2H3. The molecule has 4 aromatic rings. The summed E-state index contributed by atoms with van der Waals surface area (Å²) in [6.45, 7) is 1.24. The number of fused-ring (bicyclic) bond motifs is 3. The Balaban J connectivity index is 1.95. The van der Waals surface area contributed by atoms with Crippen LogP contribution in [0.1, 0.15) is 17.4 Å². The van der Waals surface area contributed by atoms with Gasteiger partial charge in [0.25, 0.3) is 0 Å². The molecule has 128 valence electrons. The second kappa shape index (κ2) is 6.03. The number of benzene rings is 1. The molecule has 0 aliphatic rings. The van der Waals surface area contributed by atoms with Gasteiger partial charge >= 0.3 is 6.61 Å². The van der Waals surface area contributed by atoms with Gasteiger partial charge in [-0.15, -0.1) is 16.4 Å². The Morgan fingerprint density at radius 3 is 2.84 bits per heavy atom. The lowest BCUT2D eigenvalue weighted by atomic mass is 10.1. The van der Waals surface area contributed by atoms with Gasteiger partial charge in [-0.1, -0.05) is 19.1 Å². The van der Waals surface area contributed by atoms with Crippen LogP contribution in [0.4, 0.5) is 8.78 Å². The van der Waals surface area contributed by atoms with Crippen molar-refractivity contribution >= 4 is 27.2 Å². The number of ether oxygens (including phenoxy) is 1. The molecule has 0 unspecified atom stereocenters. The number of alkyl halides is 2. The Labute approximate surface area is 145 Å². The Kier molecular flexibility index (Phi) is 3.84. The zero-order valence-corrected chi connectivity index (χ0v) is 14.3. The first-order chi connectivity index (χ1) is 12.1. The number of para-hydroxylation sites is 1. The predicted molar refractivity (Wildman–Crippen MR) is 92.3 cm³/mol. The summed E-state index contributed by atoms with van der Waals surface area (Å²) < 4.78 is 31.5. The number of thiophene rings is 1. The monoisotopic (exact) mass is 360 g/mol. The minimum absolute atomic E-state index is 0.0508. The minimum atomic E-state index is -2.90. The van der Waals surface area contributed by atoms with E-state index in [-0.39, 0.29) is 5.75 Å². The van der Waals surface area contributed by atoms with Gasteiger partial charge in [0, 0.05) is 4.88 Å². The molecule has 0 saturated carbocycles. The normalized spacial score (nSPS) is 11.7. The van der Waals surface area contributed by atoms with E-state index >= 15 is 0 Å². The van der Waals surface area contributed by atoms with Gasteiger partial charge in [0.15, 0.2) is 11.5 Å². The van der Waals surface area contributed by atoms with Crippen LogP contribution in [0.25, 0.3) is 27.3 Å². The SMILES string of the molecule is CCc1c(C)sc2ncn3nc(-c4ccccc4OC(F)F)nc3c12. The molecular formula is C17H14F2N4OS. The third-order valence-corrected chi connectivity index (χ3v) is 5.08. The molecule has 1 aromatic carbocycles. The number of hydrogen-bond acceptors (Lipinski definition) is 5. The predicted octanol–water partition coefficient (Wildman–Crippen LogP) is 4.48. The fourth-order valence-electron chi connectivity index (χ4n) is 2.96. The van der Waals surface area contributed by atoms with Crippen molar-refractivity contribution in [2.24, 2.45) is 0 Å². The lowest BCUT2D eigenvalue weighted by molar-refractivity contribution is -0.0494. The zero-order valence-electron chi connectivity index (χ0n) is 13.5. The molecule has 0 N–H and O–H groups in total. The van der Waals surface area contributed by atoms with E-state index in [0.717, 1.165) is 16.6 Å². The average molecular weight is 360 g/mol. The van der Waals surface area contributed by atoms with E-state index in [4.69, 9.17) is 0 Å². The van der Waals surface area contributed by atoms with E-state index in [2.05, 4.69) is 33.7 Å². The molecule has 0 amide bonds. The van der Waals surface area contributed by atoms with Crippen LogP contribution in [0.15, 0.2) is 30.6 Å². The molecule has 8 heteroatoms. The van der Waals surface area contributed by atoms with Crippen molar-refractivity contribution in [2.45, 2.75) is 26.9 Å². The quantitative estimate of drug-likeness (QED) is 0.538. The van der Waals surface area contributed by atoms with Crippen LogP contribution in [0.5, 0.6) is 5.75 Å². The molecule has 0 bridgehead atoms. The van der Waals surface area contributed by atoms with Crippen LogP contribution in [0.3, 0.4) is 0 Å². The van der Waals surface area contributed by atoms with Crippen molar-refractivity contribution in [1.29, 1.82) is 0 Å². The highest BCUT2D eigenvalue weighted by Gasteiger charge is 2.18. The number of halogens is 2. The molecule has 0 aliphatic heterocycles. The number of nitrogens with zero attached hydrogens (tertiary/aromatic N) is 4. The van der Waals surface area contributed by atoms with Crippen molar-refractivity contribution in [3.05, 3.63) is 41.0 Å². The smallest absolute Gasteiger partial charge is 0.387 e. The summed E-state index contributed by atoms with van der Waals surface area (Å²) in [6, 6.07) is 6.51. The zero-order chi connectivity index (χ0) is 17.6. The molecule has 0 saturated heterocycles. The van der Waals surface area contributed by atoms with Gasteiger partial charge in [-0.25, -0.2) is 14.5 Å². The van der Waals surface area contributed by atoms with Crippen LogP contribution in [-0.4, -0.2) is 26.2 Å². The molecule has 0 spiro atoms. The third-order valence-electron chi connectivity index (χ3n) is 4.03. The maximum atomic E-state index is 12.7. The second-order valence-corrected chi connectivity index (χ2v) is 6.70. The summed E-state index contributed by atoms with van der Waals surface area (Å²) in [5.74, 6) is 0.381. The largest absolute Gasteiger partial charge is 0.434 e. The van der Waals surface area contributed by atoms with Crippen molar-refractivity contribution in [1.82, 2.24) is 19.6 Å². The highest BCUT2D eigenvalue weighted by Crippen LogP contribution is 2.34. The van der Waals surface area contributed by atoms with Gasteiger partial charge in [-0.05, 0) is 31.0 Å². The van der Waals surface area contributed by atoms with Gasteiger partial charge in [0.1, 0.15) is 16.9 Å². The van der Waals surface area contributed by atoms with Gasteiger partial charge in [-0.3, -0.25) is 0 Å². The third kappa shape index (κ3) is 2.62. The summed E-state index contributed by atoms with van der Waals surface area (Å²) in [5.41, 5.74) is 2.28. The van der Waals surface area contributed by atoms with Crippen LogP contribution in [0, 0.1) is 6.92 Å². The Morgan fingerprint density at radius 1 is 1.28 bits per heavy atom.